The Bertz CT molecular complexity index is 976. The quantitative estimate of drug-likeness (QED) is 0.673. The van der Waals surface area contributed by atoms with Crippen molar-refractivity contribution in [3.05, 3.63) is 47.6 Å². The van der Waals surface area contributed by atoms with Crippen LogP contribution in [-0.2, 0) is 5.41 Å². The summed E-state index contributed by atoms with van der Waals surface area (Å²) in [5, 5.41) is 14.0. The molecule has 134 valence electrons. The van der Waals surface area contributed by atoms with E-state index < -0.39 is 17.4 Å². The van der Waals surface area contributed by atoms with Gasteiger partial charge in [-0.1, -0.05) is 6.58 Å². The molecule has 0 saturated carbocycles. The van der Waals surface area contributed by atoms with E-state index in [0.717, 1.165) is 6.21 Å². The summed E-state index contributed by atoms with van der Waals surface area (Å²) < 4.78 is 28.1. The normalized spacial score (nSPS) is 23.3. The lowest BCUT2D eigenvalue weighted by atomic mass is 9.79. The molecule has 0 spiro atoms. The first-order chi connectivity index (χ1) is 12.2. The van der Waals surface area contributed by atoms with Crippen LogP contribution in [0.5, 0.6) is 0 Å². The molecular weight excluding hydrogens is 338 g/mol. The van der Waals surface area contributed by atoms with E-state index in [4.69, 9.17) is 5.73 Å². The van der Waals surface area contributed by atoms with Crippen LogP contribution < -0.4 is 5.73 Å². The predicted molar refractivity (Wildman–Crippen MR) is 94.8 cm³/mol. The van der Waals surface area contributed by atoms with Crippen LogP contribution in [0.4, 0.5) is 8.78 Å². The third-order valence-corrected chi connectivity index (χ3v) is 4.65. The molecule has 2 atom stereocenters. The summed E-state index contributed by atoms with van der Waals surface area (Å²) >= 11 is 0. The molecular formula is C18H18F2N6. The summed E-state index contributed by atoms with van der Waals surface area (Å²) in [6, 6.07) is 0.795. The molecule has 0 aromatic carbocycles. The molecule has 0 bridgehead atoms. The van der Waals surface area contributed by atoms with E-state index >= 15 is 0 Å². The van der Waals surface area contributed by atoms with Crippen molar-refractivity contribution in [1.29, 1.82) is 5.26 Å². The van der Waals surface area contributed by atoms with Gasteiger partial charge in [0.25, 0.3) is 0 Å². The Labute approximate surface area is 149 Å². The summed E-state index contributed by atoms with van der Waals surface area (Å²) in [4.78, 5) is 7.64. The van der Waals surface area contributed by atoms with Gasteiger partial charge in [0.2, 0.25) is 0 Å². The van der Waals surface area contributed by atoms with Crippen molar-refractivity contribution in [2.24, 2.45) is 10.7 Å². The molecule has 2 N–H and O–H groups in total. The highest BCUT2D eigenvalue weighted by atomic mass is 19.3. The fourth-order valence-corrected chi connectivity index (χ4v) is 3.41. The van der Waals surface area contributed by atoms with E-state index in [-0.39, 0.29) is 0 Å². The third-order valence-electron chi connectivity index (χ3n) is 4.65. The summed E-state index contributed by atoms with van der Waals surface area (Å²) in [6.45, 7) is 6.25. The van der Waals surface area contributed by atoms with E-state index in [0.29, 0.717) is 41.5 Å². The molecule has 0 fully saturated rings. The molecule has 0 saturated heterocycles. The number of nitrogens with two attached hydrogens (primary N) is 1. The first kappa shape index (κ1) is 17.7. The lowest BCUT2D eigenvalue weighted by molar-refractivity contribution is 0.0331. The van der Waals surface area contributed by atoms with Crippen LogP contribution in [0.2, 0.25) is 0 Å². The molecule has 6 nitrogen and oxygen atoms in total. The number of hydrogen-bond donors (Lipinski definition) is 1. The molecule has 8 heteroatoms. The molecule has 26 heavy (non-hydrogen) atoms. The average Bonchev–Trinajstić information content (AvgIpc) is 3.13. The Morgan fingerprint density at radius 3 is 2.92 bits per heavy atom. The van der Waals surface area contributed by atoms with Crippen molar-refractivity contribution in [3.63, 3.8) is 0 Å². The zero-order chi connectivity index (χ0) is 19.1. The van der Waals surface area contributed by atoms with Crippen molar-refractivity contribution in [3.8, 4) is 6.07 Å². The van der Waals surface area contributed by atoms with Gasteiger partial charge < -0.3 is 5.73 Å². The summed E-state index contributed by atoms with van der Waals surface area (Å²) in [5.74, 6) is -0.450. The number of nitriles is 1. The van der Waals surface area contributed by atoms with Gasteiger partial charge in [-0.2, -0.15) is 19.1 Å². The Morgan fingerprint density at radius 1 is 1.62 bits per heavy atom. The van der Waals surface area contributed by atoms with Crippen LogP contribution >= 0.6 is 0 Å². The summed E-state index contributed by atoms with van der Waals surface area (Å²) in [5.41, 5.74) is 7.93. The molecule has 0 aliphatic heterocycles. The van der Waals surface area contributed by atoms with Gasteiger partial charge >= 0.3 is 6.05 Å². The highest BCUT2D eigenvalue weighted by Crippen LogP contribution is 2.49. The monoisotopic (exact) mass is 356 g/mol. The molecule has 1 aliphatic rings. The zero-order valence-corrected chi connectivity index (χ0v) is 14.4. The average molecular weight is 356 g/mol. The Hall–Kier alpha value is -3.08. The number of halogens is 2. The van der Waals surface area contributed by atoms with E-state index in [1.54, 1.807) is 22.9 Å². The first-order valence-electron chi connectivity index (χ1n) is 8.00. The molecule has 1 aliphatic carbocycles. The van der Waals surface area contributed by atoms with Crippen molar-refractivity contribution < 1.29 is 8.78 Å². The van der Waals surface area contributed by atoms with Gasteiger partial charge in [0, 0.05) is 36.4 Å². The first-order valence-corrected chi connectivity index (χ1v) is 8.00. The van der Waals surface area contributed by atoms with Gasteiger partial charge in [0.05, 0.1) is 23.4 Å². The second kappa shape index (κ2) is 6.02. The molecule has 3 rings (SSSR count). The van der Waals surface area contributed by atoms with E-state index in [2.05, 4.69) is 27.7 Å². The number of hydrogen-bond acceptors (Lipinski definition) is 5. The molecule has 2 heterocycles. The zero-order valence-electron chi connectivity index (χ0n) is 14.4. The van der Waals surface area contributed by atoms with E-state index in [9.17, 15) is 14.0 Å². The summed E-state index contributed by atoms with van der Waals surface area (Å²) in [6.07, 6.45) is 5.93. The maximum Gasteiger partial charge on any atom is 0.339 e. The number of nitrogens with zero attached hydrogens (tertiary/aromatic N) is 5. The fourth-order valence-electron chi connectivity index (χ4n) is 3.41. The highest BCUT2D eigenvalue weighted by Gasteiger charge is 2.45. The topological polar surface area (TPSA) is 92.4 Å². The Morgan fingerprint density at radius 2 is 2.35 bits per heavy atom. The Balaban J connectivity index is 2.25. The highest BCUT2D eigenvalue weighted by molar-refractivity contribution is 5.83. The van der Waals surface area contributed by atoms with Crippen LogP contribution in [0.1, 0.15) is 43.1 Å². The fraction of sp³-hybridized carbons (Fsp3) is 0.333. The molecule has 2 aromatic rings. The maximum absolute atomic E-state index is 13.2. The van der Waals surface area contributed by atoms with Crippen molar-refractivity contribution >= 4 is 17.9 Å². The maximum atomic E-state index is 13.2. The van der Waals surface area contributed by atoms with Crippen LogP contribution in [0.3, 0.4) is 0 Å². The Kier molecular flexibility index (Phi) is 4.11. The van der Waals surface area contributed by atoms with Crippen LogP contribution in [0, 0.1) is 11.3 Å². The number of aromatic nitrogens is 3. The second-order valence-corrected chi connectivity index (χ2v) is 6.55. The largest absolute Gasteiger partial charge is 0.404 e. The molecule has 0 amide bonds. The van der Waals surface area contributed by atoms with Gasteiger partial charge in [0.15, 0.2) is 5.65 Å². The molecule has 2 unspecified atom stereocenters. The lowest BCUT2D eigenvalue weighted by Gasteiger charge is -2.26. The molecule has 0 radical (unpaired) electrons. The van der Waals surface area contributed by atoms with Gasteiger partial charge in [-0.05, 0) is 31.2 Å². The minimum atomic E-state index is -3.21. The minimum Gasteiger partial charge on any atom is -0.404 e. The summed E-state index contributed by atoms with van der Waals surface area (Å²) in [7, 11) is 0. The minimum absolute atomic E-state index is 0.368. The second-order valence-electron chi connectivity index (χ2n) is 6.55. The SMILES string of the molecule is C=Cc1cc2ncc3c(n2n1)C(C)(C(C=NC(C)(F)F)=CN)CC3C#N. The number of allylic oxidation sites excluding steroid dienone is 1. The van der Waals surface area contributed by atoms with Crippen LogP contribution in [-0.4, -0.2) is 26.9 Å². The van der Waals surface area contributed by atoms with E-state index in [1.807, 2.05) is 6.92 Å². The van der Waals surface area contributed by atoms with E-state index in [1.165, 1.54) is 6.20 Å². The predicted octanol–water partition coefficient (Wildman–Crippen LogP) is 3.17. The van der Waals surface area contributed by atoms with Gasteiger partial charge in [-0.15, -0.1) is 0 Å². The van der Waals surface area contributed by atoms with Crippen LogP contribution in [0.25, 0.3) is 11.7 Å². The smallest absolute Gasteiger partial charge is 0.339 e. The lowest BCUT2D eigenvalue weighted by Crippen LogP contribution is -2.27. The third kappa shape index (κ3) is 2.75. The number of fused-ring (bicyclic) bond motifs is 3. The number of aliphatic imine (C=N–C) groups is 1. The number of rotatable bonds is 4. The number of alkyl halides is 2. The van der Waals surface area contributed by atoms with Crippen LogP contribution in [0.15, 0.2) is 35.6 Å². The van der Waals surface area contributed by atoms with Crippen molar-refractivity contribution in [1.82, 2.24) is 14.6 Å². The van der Waals surface area contributed by atoms with Gasteiger partial charge in [-0.3, -0.25) is 0 Å². The van der Waals surface area contributed by atoms with Gasteiger partial charge in [-0.25, -0.2) is 14.5 Å². The van der Waals surface area contributed by atoms with Gasteiger partial charge in [0.1, 0.15) is 0 Å². The van der Waals surface area contributed by atoms with Crippen molar-refractivity contribution in [2.75, 3.05) is 0 Å². The van der Waals surface area contributed by atoms with Crippen molar-refractivity contribution in [2.45, 2.75) is 37.6 Å². The molecule has 2 aromatic heterocycles. The standard InChI is InChI=1S/C18H18F2N6/c1-4-13-5-15-23-10-14-11(7-21)6-17(2,16(14)26(15)25-13)12(8-22)9-24-18(3,19)20/h4-5,8-11H,1,6,22H2,2-3H3.